The van der Waals surface area contributed by atoms with Gasteiger partial charge in [-0.2, -0.15) is 0 Å². The lowest BCUT2D eigenvalue weighted by Crippen LogP contribution is -2.42. The number of carbonyl (C=O) groups is 3. The second-order valence-corrected chi connectivity index (χ2v) is 6.18. The van der Waals surface area contributed by atoms with E-state index in [4.69, 9.17) is 0 Å². The topological polar surface area (TPSA) is 103 Å². The quantitative estimate of drug-likeness (QED) is 0.524. The summed E-state index contributed by atoms with van der Waals surface area (Å²) in [7, 11) is 0. The molecule has 0 unspecified atom stereocenters. The largest absolute Gasteiger partial charge is 0.360 e. The van der Waals surface area contributed by atoms with Crippen molar-refractivity contribution in [2.45, 2.75) is 6.42 Å². The third-order valence-electron chi connectivity index (χ3n) is 3.53. The average molecular weight is 356 g/mol. The lowest BCUT2D eigenvalue weighted by Gasteiger charge is -2.07. The smallest absolute Gasteiger partial charge is 0.271 e. The predicted molar refractivity (Wildman–Crippen MR) is 95.2 cm³/mol. The van der Waals surface area contributed by atoms with Crippen molar-refractivity contribution in [1.82, 2.24) is 21.2 Å². The van der Waals surface area contributed by atoms with Gasteiger partial charge in [0.25, 0.3) is 11.8 Å². The highest BCUT2D eigenvalue weighted by Crippen LogP contribution is 2.17. The van der Waals surface area contributed by atoms with Crippen LogP contribution in [0.5, 0.6) is 0 Å². The minimum atomic E-state index is -0.409. The summed E-state index contributed by atoms with van der Waals surface area (Å²) < 4.78 is 0. The average Bonchev–Trinajstić information content (AvgIpc) is 3.29. The van der Waals surface area contributed by atoms with E-state index in [9.17, 15) is 14.4 Å². The second kappa shape index (κ2) is 7.63. The van der Waals surface area contributed by atoms with E-state index in [1.54, 1.807) is 18.3 Å². The highest BCUT2D eigenvalue weighted by Gasteiger charge is 2.12. The fourth-order valence-corrected chi connectivity index (χ4v) is 2.94. The van der Waals surface area contributed by atoms with E-state index in [1.807, 2.05) is 29.6 Å². The number of nitrogens with one attached hydrogen (secondary N) is 4. The number of fused-ring (bicyclic) bond motifs is 1. The fraction of sp³-hybridized carbons (Fsp3) is 0.118. The number of hydrogen-bond acceptors (Lipinski definition) is 4. The molecular formula is C17H16N4O3S. The van der Waals surface area contributed by atoms with Gasteiger partial charge in [0.15, 0.2) is 0 Å². The van der Waals surface area contributed by atoms with Gasteiger partial charge in [-0.25, -0.2) is 0 Å². The number of amides is 3. The van der Waals surface area contributed by atoms with Crippen molar-refractivity contribution in [1.29, 1.82) is 0 Å². The Bertz CT molecular complexity index is 902. The number of hydrogen-bond donors (Lipinski definition) is 4. The molecule has 8 heteroatoms. The molecule has 2 aromatic heterocycles. The van der Waals surface area contributed by atoms with Gasteiger partial charge in [-0.15, -0.1) is 11.3 Å². The van der Waals surface area contributed by atoms with E-state index in [1.165, 1.54) is 11.3 Å². The fourth-order valence-electron chi connectivity index (χ4n) is 2.30. The minimum Gasteiger partial charge on any atom is -0.360 e. The van der Waals surface area contributed by atoms with E-state index >= 15 is 0 Å². The molecule has 128 valence electrons. The standard InChI is InChI=1S/C17H16N4O3S/c22-15(7-8-18-17(24)14-6-3-9-25-14)20-21-16(23)12-10-19-13-5-2-1-4-11(12)13/h1-6,9-10,19H,7-8H2,(H,18,24)(H,20,22)(H,21,23). The SMILES string of the molecule is O=C(CCNC(=O)c1cccs1)NNC(=O)c1c[nH]c2ccccc12. The molecule has 0 saturated heterocycles. The van der Waals surface area contributed by atoms with Gasteiger partial charge in [0.2, 0.25) is 5.91 Å². The molecule has 4 N–H and O–H groups in total. The zero-order valence-electron chi connectivity index (χ0n) is 13.2. The second-order valence-electron chi connectivity index (χ2n) is 5.23. The third-order valence-corrected chi connectivity index (χ3v) is 4.40. The number of rotatable bonds is 5. The minimum absolute atomic E-state index is 0.0608. The number of aromatic amines is 1. The first kappa shape index (κ1) is 16.7. The van der Waals surface area contributed by atoms with Crippen LogP contribution in [0.3, 0.4) is 0 Å². The van der Waals surface area contributed by atoms with Gasteiger partial charge in [-0.1, -0.05) is 24.3 Å². The van der Waals surface area contributed by atoms with Gasteiger partial charge in [-0.05, 0) is 17.5 Å². The van der Waals surface area contributed by atoms with Crippen molar-refractivity contribution in [3.8, 4) is 0 Å². The maximum Gasteiger partial charge on any atom is 0.271 e. The van der Waals surface area contributed by atoms with Gasteiger partial charge in [0.1, 0.15) is 0 Å². The van der Waals surface area contributed by atoms with E-state index in [0.29, 0.717) is 10.4 Å². The maximum atomic E-state index is 12.1. The van der Waals surface area contributed by atoms with Crippen molar-refractivity contribution < 1.29 is 14.4 Å². The van der Waals surface area contributed by atoms with Crippen LogP contribution in [0.25, 0.3) is 10.9 Å². The summed E-state index contributed by atoms with van der Waals surface area (Å²) >= 11 is 1.33. The summed E-state index contributed by atoms with van der Waals surface area (Å²) in [5, 5.41) is 5.23. The number of H-pyrrole nitrogens is 1. The molecule has 25 heavy (non-hydrogen) atoms. The van der Waals surface area contributed by atoms with Crippen molar-refractivity contribution in [2.24, 2.45) is 0 Å². The first-order valence-corrected chi connectivity index (χ1v) is 8.50. The molecule has 0 aliphatic rings. The number of hydrazine groups is 1. The van der Waals surface area contributed by atoms with Crippen LogP contribution in [0.1, 0.15) is 26.5 Å². The number of para-hydroxylation sites is 1. The zero-order chi connectivity index (χ0) is 17.6. The molecule has 3 aromatic rings. The van der Waals surface area contributed by atoms with Crippen molar-refractivity contribution in [3.63, 3.8) is 0 Å². The molecule has 0 spiro atoms. The van der Waals surface area contributed by atoms with Crippen LogP contribution in [0, 0.1) is 0 Å². The molecule has 0 fully saturated rings. The monoisotopic (exact) mass is 356 g/mol. The summed E-state index contributed by atoms with van der Waals surface area (Å²) in [4.78, 5) is 39.2. The summed E-state index contributed by atoms with van der Waals surface area (Å²) in [6.45, 7) is 0.186. The molecule has 0 aliphatic carbocycles. The third kappa shape index (κ3) is 4.04. The number of thiophene rings is 1. The van der Waals surface area contributed by atoms with E-state index in [2.05, 4.69) is 21.2 Å². The Hall–Kier alpha value is -3.13. The van der Waals surface area contributed by atoms with Crippen LogP contribution < -0.4 is 16.2 Å². The van der Waals surface area contributed by atoms with Gasteiger partial charge in [-0.3, -0.25) is 25.2 Å². The number of carbonyl (C=O) groups excluding carboxylic acids is 3. The lowest BCUT2D eigenvalue weighted by atomic mass is 10.2. The predicted octanol–water partition coefficient (Wildman–Crippen LogP) is 1.81. The van der Waals surface area contributed by atoms with Crippen molar-refractivity contribution in [3.05, 3.63) is 58.4 Å². The molecule has 3 rings (SSSR count). The Labute approximate surface area is 147 Å². The number of aromatic nitrogens is 1. The first-order chi connectivity index (χ1) is 12.1. The van der Waals surface area contributed by atoms with E-state index in [-0.39, 0.29) is 24.8 Å². The maximum absolute atomic E-state index is 12.1. The Morgan fingerprint density at radius 1 is 1.00 bits per heavy atom. The number of benzene rings is 1. The van der Waals surface area contributed by atoms with Crippen molar-refractivity contribution >= 4 is 40.0 Å². The van der Waals surface area contributed by atoms with Gasteiger partial charge in [0.05, 0.1) is 10.4 Å². The summed E-state index contributed by atoms with van der Waals surface area (Å²) in [6, 6.07) is 10.9. The van der Waals surface area contributed by atoms with Gasteiger partial charge in [0, 0.05) is 30.1 Å². The highest BCUT2D eigenvalue weighted by atomic mass is 32.1. The van der Waals surface area contributed by atoms with Crippen LogP contribution >= 0.6 is 11.3 Å². The van der Waals surface area contributed by atoms with Crippen LogP contribution in [0.15, 0.2) is 48.0 Å². The molecule has 2 heterocycles. The summed E-state index contributed by atoms with van der Waals surface area (Å²) in [5.74, 6) is -1.02. The molecular weight excluding hydrogens is 340 g/mol. The lowest BCUT2D eigenvalue weighted by molar-refractivity contribution is -0.121. The molecule has 3 amide bonds. The van der Waals surface area contributed by atoms with Crippen LogP contribution in [-0.2, 0) is 4.79 Å². The van der Waals surface area contributed by atoms with E-state index < -0.39 is 5.91 Å². The Morgan fingerprint density at radius 3 is 2.64 bits per heavy atom. The Balaban J connectivity index is 1.44. The van der Waals surface area contributed by atoms with Gasteiger partial charge >= 0.3 is 0 Å². The summed E-state index contributed by atoms with van der Waals surface area (Å²) in [5.41, 5.74) is 6.01. The van der Waals surface area contributed by atoms with Gasteiger partial charge < -0.3 is 10.3 Å². The molecule has 1 aromatic carbocycles. The molecule has 0 radical (unpaired) electrons. The molecule has 0 aliphatic heterocycles. The van der Waals surface area contributed by atoms with E-state index in [0.717, 1.165) is 10.9 Å². The van der Waals surface area contributed by atoms with Crippen molar-refractivity contribution in [2.75, 3.05) is 6.54 Å². The molecule has 7 nitrogen and oxygen atoms in total. The van der Waals surface area contributed by atoms with Crippen LogP contribution in [-0.4, -0.2) is 29.3 Å². The molecule has 0 atom stereocenters. The molecule has 0 saturated carbocycles. The Morgan fingerprint density at radius 2 is 1.84 bits per heavy atom. The van der Waals surface area contributed by atoms with Crippen LogP contribution in [0.2, 0.25) is 0 Å². The normalized spacial score (nSPS) is 10.4. The Kier molecular flexibility index (Phi) is 5.10. The zero-order valence-corrected chi connectivity index (χ0v) is 14.0. The van der Waals surface area contributed by atoms with Crippen LogP contribution in [0.4, 0.5) is 0 Å². The summed E-state index contributed by atoms with van der Waals surface area (Å²) in [6.07, 6.45) is 1.65. The first-order valence-electron chi connectivity index (χ1n) is 7.62. The highest BCUT2D eigenvalue weighted by molar-refractivity contribution is 7.12. The molecule has 0 bridgehead atoms.